The van der Waals surface area contributed by atoms with Gasteiger partial charge in [0.2, 0.25) is 0 Å². The van der Waals surface area contributed by atoms with Crippen LogP contribution < -0.4 is 0 Å². The highest BCUT2D eigenvalue weighted by Gasteiger charge is 2.26. The molecule has 0 aliphatic carbocycles. The summed E-state index contributed by atoms with van der Waals surface area (Å²) in [5.41, 5.74) is 0.259. The van der Waals surface area contributed by atoms with E-state index in [2.05, 4.69) is 15.9 Å². The molecule has 0 atom stereocenters. The van der Waals surface area contributed by atoms with E-state index in [4.69, 9.17) is 9.84 Å². The molecule has 6 nitrogen and oxygen atoms in total. The Hall–Kier alpha value is -1.60. The van der Waals surface area contributed by atoms with Crippen LogP contribution in [0, 0.1) is 0 Å². The number of amides is 1. The lowest BCUT2D eigenvalue weighted by Crippen LogP contribution is -2.41. The minimum Gasteiger partial charge on any atom is -0.507 e. The molecule has 114 valence electrons. The van der Waals surface area contributed by atoms with Gasteiger partial charge in [-0.3, -0.25) is 4.79 Å². The Bertz CT molecular complexity index is 540. The van der Waals surface area contributed by atoms with Crippen LogP contribution in [0.15, 0.2) is 22.7 Å². The summed E-state index contributed by atoms with van der Waals surface area (Å²) in [6, 6.07) is 4.73. The molecule has 0 aromatic heterocycles. The predicted molar refractivity (Wildman–Crippen MR) is 78.3 cm³/mol. The standard InChI is InChI=1S/C14H16BrNO5/c15-9-1-2-12(17)11(7-9)14(20)16-5-3-10(4-6-16)21-8-13(18)19/h1-2,7,10,17H,3-6,8H2,(H,18,19). The van der Waals surface area contributed by atoms with Gasteiger partial charge in [0.25, 0.3) is 5.91 Å². The number of carboxylic acids is 1. The van der Waals surface area contributed by atoms with Crippen molar-refractivity contribution in [2.24, 2.45) is 0 Å². The first-order valence-electron chi connectivity index (χ1n) is 6.58. The summed E-state index contributed by atoms with van der Waals surface area (Å²) in [7, 11) is 0. The number of carbonyl (C=O) groups excluding carboxylic acids is 1. The number of piperidine rings is 1. The summed E-state index contributed by atoms with van der Waals surface area (Å²) in [5, 5.41) is 18.3. The number of phenolic OH excluding ortho intramolecular Hbond substituents is 1. The Morgan fingerprint density at radius 2 is 2.00 bits per heavy atom. The molecule has 1 saturated heterocycles. The monoisotopic (exact) mass is 357 g/mol. The molecular weight excluding hydrogens is 342 g/mol. The largest absolute Gasteiger partial charge is 0.507 e. The van der Waals surface area contributed by atoms with Gasteiger partial charge in [-0.15, -0.1) is 0 Å². The van der Waals surface area contributed by atoms with E-state index in [1.54, 1.807) is 17.0 Å². The van der Waals surface area contributed by atoms with E-state index in [1.165, 1.54) is 6.07 Å². The van der Waals surface area contributed by atoms with Gasteiger partial charge in [-0.05, 0) is 31.0 Å². The van der Waals surface area contributed by atoms with Crippen LogP contribution in [-0.2, 0) is 9.53 Å². The number of aliphatic carboxylic acids is 1. The molecule has 1 aromatic carbocycles. The number of aromatic hydroxyl groups is 1. The van der Waals surface area contributed by atoms with Crippen molar-refractivity contribution >= 4 is 27.8 Å². The Morgan fingerprint density at radius 1 is 1.33 bits per heavy atom. The zero-order valence-corrected chi connectivity index (χ0v) is 12.9. The van der Waals surface area contributed by atoms with Crippen molar-refractivity contribution in [3.63, 3.8) is 0 Å². The van der Waals surface area contributed by atoms with E-state index < -0.39 is 5.97 Å². The summed E-state index contributed by atoms with van der Waals surface area (Å²) in [6.45, 7) is 0.648. The highest BCUT2D eigenvalue weighted by Crippen LogP contribution is 2.25. The van der Waals surface area contributed by atoms with E-state index in [9.17, 15) is 14.7 Å². The van der Waals surface area contributed by atoms with E-state index in [0.717, 1.165) is 4.47 Å². The van der Waals surface area contributed by atoms with Crippen LogP contribution in [0.25, 0.3) is 0 Å². The number of nitrogens with zero attached hydrogens (tertiary/aromatic N) is 1. The van der Waals surface area contributed by atoms with E-state index in [1.807, 2.05) is 0 Å². The summed E-state index contributed by atoms with van der Waals surface area (Å²) in [6.07, 6.45) is 1.04. The van der Waals surface area contributed by atoms with Crippen molar-refractivity contribution in [3.05, 3.63) is 28.2 Å². The number of halogens is 1. The van der Waals surface area contributed by atoms with Gasteiger partial charge in [-0.25, -0.2) is 4.79 Å². The third-order valence-corrected chi connectivity index (χ3v) is 3.85. The van der Waals surface area contributed by atoms with Crippen LogP contribution in [0.2, 0.25) is 0 Å². The first-order chi connectivity index (χ1) is 9.97. The molecule has 21 heavy (non-hydrogen) atoms. The van der Waals surface area contributed by atoms with Crippen LogP contribution in [0.4, 0.5) is 0 Å². The maximum absolute atomic E-state index is 12.4. The van der Waals surface area contributed by atoms with Gasteiger partial charge >= 0.3 is 5.97 Å². The fraction of sp³-hybridized carbons (Fsp3) is 0.429. The molecule has 1 aliphatic heterocycles. The number of rotatable bonds is 4. The molecule has 0 saturated carbocycles. The Balaban J connectivity index is 1.94. The van der Waals surface area contributed by atoms with Crippen LogP contribution in [0.3, 0.4) is 0 Å². The molecule has 0 bridgehead atoms. The number of benzene rings is 1. The van der Waals surface area contributed by atoms with E-state index in [0.29, 0.717) is 25.9 Å². The molecule has 1 heterocycles. The number of carbonyl (C=O) groups is 2. The molecule has 1 fully saturated rings. The summed E-state index contributed by atoms with van der Waals surface area (Å²) >= 11 is 3.27. The molecule has 1 amide bonds. The zero-order chi connectivity index (χ0) is 15.4. The minimum absolute atomic E-state index is 0.0487. The number of phenols is 1. The average Bonchev–Trinajstić information content (AvgIpc) is 2.47. The number of hydrogen-bond donors (Lipinski definition) is 2. The smallest absolute Gasteiger partial charge is 0.329 e. The maximum Gasteiger partial charge on any atom is 0.329 e. The quantitative estimate of drug-likeness (QED) is 0.858. The summed E-state index contributed by atoms with van der Waals surface area (Å²) in [5.74, 6) is -1.27. The van der Waals surface area contributed by atoms with Crippen molar-refractivity contribution < 1.29 is 24.5 Å². The predicted octanol–water partition coefficient (Wildman–Crippen LogP) is 1.86. The van der Waals surface area contributed by atoms with Gasteiger partial charge in [-0.2, -0.15) is 0 Å². The van der Waals surface area contributed by atoms with Gasteiger partial charge < -0.3 is 19.8 Å². The Kier molecular flexibility index (Phi) is 5.19. The topological polar surface area (TPSA) is 87.1 Å². The third-order valence-electron chi connectivity index (χ3n) is 3.36. The van der Waals surface area contributed by atoms with Crippen LogP contribution in [0.5, 0.6) is 5.75 Å². The molecule has 1 aliphatic rings. The van der Waals surface area contributed by atoms with Gasteiger partial charge in [0.15, 0.2) is 0 Å². The van der Waals surface area contributed by atoms with Crippen molar-refractivity contribution in [2.75, 3.05) is 19.7 Å². The molecule has 2 N–H and O–H groups in total. The van der Waals surface area contributed by atoms with E-state index in [-0.39, 0.29) is 29.9 Å². The molecule has 0 unspecified atom stereocenters. The summed E-state index contributed by atoms with van der Waals surface area (Å²) in [4.78, 5) is 24.4. The van der Waals surface area contributed by atoms with Crippen LogP contribution in [-0.4, -0.2) is 52.8 Å². The first-order valence-corrected chi connectivity index (χ1v) is 7.38. The Morgan fingerprint density at radius 3 is 2.62 bits per heavy atom. The third kappa shape index (κ3) is 4.18. The lowest BCUT2D eigenvalue weighted by molar-refractivity contribution is -0.145. The summed E-state index contributed by atoms with van der Waals surface area (Å²) < 4.78 is 5.95. The fourth-order valence-electron chi connectivity index (χ4n) is 2.26. The lowest BCUT2D eigenvalue weighted by atomic mass is 10.1. The van der Waals surface area contributed by atoms with Crippen LogP contribution in [0.1, 0.15) is 23.2 Å². The Labute approximate surface area is 130 Å². The van der Waals surface area contributed by atoms with E-state index >= 15 is 0 Å². The normalized spacial score (nSPS) is 16.0. The number of ether oxygens (including phenoxy) is 1. The van der Waals surface area contributed by atoms with Gasteiger partial charge in [-0.1, -0.05) is 15.9 Å². The van der Waals surface area contributed by atoms with Gasteiger partial charge in [0, 0.05) is 17.6 Å². The number of hydrogen-bond acceptors (Lipinski definition) is 4. The highest BCUT2D eigenvalue weighted by molar-refractivity contribution is 9.10. The zero-order valence-electron chi connectivity index (χ0n) is 11.3. The van der Waals surface area contributed by atoms with Gasteiger partial charge in [0.05, 0.1) is 11.7 Å². The van der Waals surface area contributed by atoms with Crippen molar-refractivity contribution in [2.45, 2.75) is 18.9 Å². The second kappa shape index (κ2) is 6.91. The second-order valence-corrected chi connectivity index (χ2v) is 5.77. The highest BCUT2D eigenvalue weighted by atomic mass is 79.9. The van der Waals surface area contributed by atoms with Crippen LogP contribution >= 0.6 is 15.9 Å². The molecule has 7 heteroatoms. The maximum atomic E-state index is 12.4. The first kappa shape index (κ1) is 15.8. The molecule has 1 aromatic rings. The minimum atomic E-state index is -0.993. The molecule has 2 rings (SSSR count). The second-order valence-electron chi connectivity index (χ2n) is 4.86. The van der Waals surface area contributed by atoms with Crippen molar-refractivity contribution in [1.82, 2.24) is 4.90 Å². The lowest BCUT2D eigenvalue weighted by Gasteiger charge is -2.31. The van der Waals surface area contributed by atoms with Crippen molar-refractivity contribution in [1.29, 1.82) is 0 Å². The van der Waals surface area contributed by atoms with Crippen molar-refractivity contribution in [3.8, 4) is 5.75 Å². The molecule has 0 radical (unpaired) electrons. The number of carboxylic acid groups (broad SMARTS) is 1. The fourth-order valence-corrected chi connectivity index (χ4v) is 2.63. The molecule has 0 spiro atoms. The number of likely N-dealkylation sites (tertiary alicyclic amines) is 1. The van der Waals surface area contributed by atoms with Gasteiger partial charge in [0.1, 0.15) is 12.4 Å². The average molecular weight is 358 g/mol. The SMILES string of the molecule is O=C(O)COC1CCN(C(=O)c2cc(Br)ccc2O)CC1. The molecular formula is C14H16BrNO5.